The van der Waals surface area contributed by atoms with Crippen molar-refractivity contribution in [1.82, 2.24) is 20.9 Å². The highest BCUT2D eigenvalue weighted by molar-refractivity contribution is 7.80. The zero-order valence-electron chi connectivity index (χ0n) is 15.8. The molecule has 3 atom stereocenters. The predicted molar refractivity (Wildman–Crippen MR) is 106 cm³/mol. The Kier molecular flexibility index (Phi) is 4.11. The standard InChI is InChI=1S/C20H32N4OS/c1-21-19(26)24-16-2-3-17(24)8-15(7-16)22-18(25)23-20-9-12-4-13(10-20)6-14(5-12)11-20/h12-17H,2-11H2,1H3,(H,21,26)(H2,22,23,25)/t12?,13?,14?,15?,16-,17+,20?. The largest absolute Gasteiger partial charge is 0.366 e. The van der Waals surface area contributed by atoms with Crippen LogP contribution >= 0.6 is 12.2 Å². The zero-order chi connectivity index (χ0) is 17.9. The summed E-state index contributed by atoms with van der Waals surface area (Å²) in [5, 5.41) is 10.8. The second-order valence-electron chi connectivity index (χ2n) is 9.81. The number of urea groups is 1. The summed E-state index contributed by atoms with van der Waals surface area (Å²) in [6.45, 7) is 0. The van der Waals surface area contributed by atoms with Crippen LogP contribution in [0.1, 0.15) is 64.2 Å². The number of amides is 2. The van der Waals surface area contributed by atoms with E-state index in [1.807, 2.05) is 7.05 Å². The third-order valence-electron chi connectivity index (χ3n) is 7.93. The second kappa shape index (κ2) is 6.25. The van der Waals surface area contributed by atoms with Crippen LogP contribution in [0.15, 0.2) is 0 Å². The quantitative estimate of drug-likeness (QED) is 0.649. The fraction of sp³-hybridized carbons (Fsp3) is 0.900. The van der Waals surface area contributed by atoms with Crippen LogP contribution in [-0.2, 0) is 0 Å². The maximum Gasteiger partial charge on any atom is 0.315 e. The summed E-state index contributed by atoms with van der Waals surface area (Å²) >= 11 is 5.48. The highest BCUT2D eigenvalue weighted by Gasteiger charge is 2.52. The van der Waals surface area contributed by atoms with Crippen LogP contribution in [0.3, 0.4) is 0 Å². The Morgan fingerprint density at radius 2 is 1.50 bits per heavy atom. The molecule has 0 spiro atoms. The Bertz CT molecular complexity index is 559. The zero-order valence-corrected chi connectivity index (χ0v) is 16.6. The van der Waals surface area contributed by atoms with E-state index < -0.39 is 0 Å². The number of fused-ring (bicyclic) bond motifs is 2. The van der Waals surface area contributed by atoms with Crippen molar-refractivity contribution >= 4 is 23.4 Å². The normalized spacial score (nSPS) is 45.5. The van der Waals surface area contributed by atoms with Crippen molar-refractivity contribution < 1.29 is 4.79 Å². The molecule has 6 heteroatoms. The molecule has 26 heavy (non-hydrogen) atoms. The number of carbonyl (C=O) groups excluding carboxylic acids is 1. The average molecular weight is 377 g/mol. The minimum absolute atomic E-state index is 0.0843. The molecule has 2 amide bonds. The smallest absolute Gasteiger partial charge is 0.315 e. The van der Waals surface area contributed by atoms with E-state index in [0.717, 1.165) is 35.7 Å². The van der Waals surface area contributed by atoms with Crippen LogP contribution in [0.4, 0.5) is 4.79 Å². The van der Waals surface area contributed by atoms with Crippen molar-refractivity contribution in [1.29, 1.82) is 0 Å². The summed E-state index contributed by atoms with van der Waals surface area (Å²) < 4.78 is 0. The van der Waals surface area contributed by atoms with Gasteiger partial charge in [0.2, 0.25) is 0 Å². The molecule has 5 nitrogen and oxygen atoms in total. The molecule has 2 saturated heterocycles. The van der Waals surface area contributed by atoms with Crippen molar-refractivity contribution in [3.05, 3.63) is 0 Å². The summed E-state index contributed by atoms with van der Waals surface area (Å²) in [6, 6.07) is 1.34. The van der Waals surface area contributed by atoms with E-state index >= 15 is 0 Å². The number of carbonyl (C=O) groups is 1. The van der Waals surface area contributed by atoms with E-state index in [9.17, 15) is 4.79 Å². The minimum Gasteiger partial charge on any atom is -0.366 e. The summed E-state index contributed by atoms with van der Waals surface area (Å²) in [7, 11) is 1.91. The predicted octanol–water partition coefficient (Wildman–Crippen LogP) is 2.75. The SMILES string of the molecule is CNC(=S)N1[C@@H]2CC[C@H]1CC(NC(=O)NC13CC4CC(CC(C4)C1)C3)C2. The van der Waals surface area contributed by atoms with E-state index in [1.54, 1.807) is 0 Å². The highest BCUT2D eigenvalue weighted by Crippen LogP contribution is 2.55. The lowest BCUT2D eigenvalue weighted by molar-refractivity contribution is -0.0138. The van der Waals surface area contributed by atoms with Crippen molar-refractivity contribution in [2.45, 2.75) is 87.9 Å². The van der Waals surface area contributed by atoms with Gasteiger partial charge in [0.1, 0.15) is 0 Å². The number of rotatable bonds is 2. The molecule has 6 fully saturated rings. The summed E-state index contributed by atoms with van der Waals surface area (Å²) in [5.74, 6) is 2.59. The average Bonchev–Trinajstić information content (AvgIpc) is 2.83. The lowest BCUT2D eigenvalue weighted by Gasteiger charge is -2.56. The van der Waals surface area contributed by atoms with Gasteiger partial charge in [0.25, 0.3) is 0 Å². The molecular weight excluding hydrogens is 344 g/mol. The molecule has 1 unspecified atom stereocenters. The molecule has 6 aliphatic rings. The molecule has 2 heterocycles. The molecule has 2 aliphatic heterocycles. The first kappa shape index (κ1) is 17.1. The Labute approximate surface area is 162 Å². The molecule has 0 aromatic rings. The molecule has 0 aromatic carbocycles. The summed E-state index contributed by atoms with van der Waals surface area (Å²) in [6.07, 6.45) is 12.3. The first-order valence-corrected chi connectivity index (χ1v) is 11.0. The van der Waals surface area contributed by atoms with E-state index in [-0.39, 0.29) is 17.6 Å². The molecule has 4 aliphatic carbocycles. The Morgan fingerprint density at radius 1 is 0.962 bits per heavy atom. The first-order chi connectivity index (χ1) is 12.5. The number of piperidine rings is 1. The van der Waals surface area contributed by atoms with Gasteiger partial charge in [0.15, 0.2) is 5.11 Å². The van der Waals surface area contributed by atoms with E-state index in [0.29, 0.717) is 12.1 Å². The van der Waals surface area contributed by atoms with Gasteiger partial charge in [-0.05, 0) is 94.2 Å². The molecule has 0 radical (unpaired) electrons. The fourth-order valence-corrected chi connectivity index (χ4v) is 7.78. The van der Waals surface area contributed by atoms with Crippen LogP contribution in [0, 0.1) is 17.8 Å². The van der Waals surface area contributed by atoms with Gasteiger partial charge in [-0.15, -0.1) is 0 Å². The Balaban J connectivity index is 1.19. The number of hydrogen-bond acceptors (Lipinski definition) is 2. The third kappa shape index (κ3) is 2.88. The van der Waals surface area contributed by atoms with Gasteiger partial charge in [-0.3, -0.25) is 0 Å². The molecule has 0 aromatic heterocycles. The minimum atomic E-state index is 0.0843. The van der Waals surface area contributed by atoms with Crippen molar-refractivity contribution in [3.63, 3.8) is 0 Å². The number of hydrogen-bond donors (Lipinski definition) is 3. The van der Waals surface area contributed by atoms with Gasteiger partial charge in [-0.2, -0.15) is 0 Å². The first-order valence-electron chi connectivity index (χ1n) is 10.6. The van der Waals surface area contributed by atoms with Gasteiger partial charge in [0.05, 0.1) is 0 Å². The van der Waals surface area contributed by atoms with E-state index in [4.69, 9.17) is 12.2 Å². The van der Waals surface area contributed by atoms with Crippen LogP contribution in [0.5, 0.6) is 0 Å². The van der Waals surface area contributed by atoms with Gasteiger partial charge >= 0.3 is 6.03 Å². The van der Waals surface area contributed by atoms with Crippen LogP contribution < -0.4 is 16.0 Å². The van der Waals surface area contributed by atoms with Crippen LogP contribution in [-0.4, -0.2) is 46.8 Å². The van der Waals surface area contributed by atoms with Gasteiger partial charge in [-0.25, -0.2) is 4.79 Å². The molecule has 6 rings (SSSR count). The van der Waals surface area contributed by atoms with E-state index in [2.05, 4.69) is 20.9 Å². The Morgan fingerprint density at radius 3 is 2.00 bits per heavy atom. The van der Waals surface area contributed by atoms with Crippen molar-refractivity contribution in [2.75, 3.05) is 7.05 Å². The van der Waals surface area contributed by atoms with Crippen LogP contribution in [0.25, 0.3) is 0 Å². The number of thiocarbonyl (C=S) groups is 1. The third-order valence-corrected chi connectivity index (χ3v) is 8.35. The van der Waals surface area contributed by atoms with Gasteiger partial charge < -0.3 is 20.9 Å². The van der Waals surface area contributed by atoms with Gasteiger partial charge in [0, 0.05) is 30.7 Å². The lowest BCUT2D eigenvalue weighted by Crippen LogP contribution is -2.63. The highest BCUT2D eigenvalue weighted by atomic mass is 32.1. The van der Waals surface area contributed by atoms with Crippen molar-refractivity contribution in [3.8, 4) is 0 Å². The Hall–Kier alpha value is -1.04. The molecule has 144 valence electrons. The molecular formula is C20H32N4OS. The second-order valence-corrected chi connectivity index (χ2v) is 10.2. The fourth-order valence-electron chi connectivity index (χ4n) is 7.48. The van der Waals surface area contributed by atoms with Crippen LogP contribution in [0.2, 0.25) is 0 Å². The van der Waals surface area contributed by atoms with Crippen molar-refractivity contribution in [2.24, 2.45) is 17.8 Å². The van der Waals surface area contributed by atoms with Gasteiger partial charge in [-0.1, -0.05) is 0 Å². The molecule has 3 N–H and O–H groups in total. The monoisotopic (exact) mass is 376 g/mol. The van der Waals surface area contributed by atoms with E-state index in [1.165, 1.54) is 51.4 Å². The summed E-state index contributed by atoms with van der Waals surface area (Å²) in [4.78, 5) is 15.2. The lowest BCUT2D eigenvalue weighted by atomic mass is 9.53. The maximum absolute atomic E-state index is 12.8. The number of nitrogens with one attached hydrogen (secondary N) is 3. The number of nitrogens with zero attached hydrogens (tertiary/aromatic N) is 1. The summed E-state index contributed by atoms with van der Waals surface area (Å²) in [5.41, 5.74) is 0.103. The molecule has 6 bridgehead atoms. The maximum atomic E-state index is 12.8. The topological polar surface area (TPSA) is 56.4 Å². The molecule has 4 saturated carbocycles.